The molecule has 0 aromatic carbocycles. The van der Waals surface area contributed by atoms with E-state index in [-0.39, 0.29) is 0 Å². The van der Waals surface area contributed by atoms with Gasteiger partial charge < -0.3 is 4.74 Å². The van der Waals surface area contributed by atoms with Crippen molar-refractivity contribution in [1.82, 2.24) is 18.7 Å². The molecule has 1 aliphatic carbocycles. The molecule has 0 aliphatic heterocycles. The van der Waals surface area contributed by atoms with Gasteiger partial charge in [0.25, 0.3) is 0 Å². The Morgan fingerprint density at radius 2 is 2.14 bits per heavy atom. The van der Waals surface area contributed by atoms with E-state index in [1.54, 1.807) is 11.8 Å². The molecule has 6 heteroatoms. The highest BCUT2D eigenvalue weighted by Gasteiger charge is 2.28. The first-order valence-corrected chi connectivity index (χ1v) is 7.35. The summed E-state index contributed by atoms with van der Waals surface area (Å²) in [5.41, 5.74) is 4.27. The normalized spacial score (nSPS) is 14.8. The Morgan fingerprint density at radius 3 is 2.76 bits per heavy atom. The molecule has 0 radical (unpaired) electrons. The number of fused-ring (bicyclic) bond motifs is 1. The largest absolute Gasteiger partial charge is 0.479 e. The number of hydrogen-bond donors (Lipinski definition) is 1. The van der Waals surface area contributed by atoms with Crippen LogP contribution in [0.5, 0.6) is 5.88 Å². The van der Waals surface area contributed by atoms with E-state index >= 15 is 0 Å². The molecule has 0 atom stereocenters. The number of pyridine rings is 1. The minimum Gasteiger partial charge on any atom is -0.479 e. The zero-order valence-corrected chi connectivity index (χ0v) is 12.8. The predicted molar refractivity (Wildman–Crippen MR) is 84.8 cm³/mol. The number of aromatic nitrogens is 4. The average Bonchev–Trinajstić information content (AvgIpc) is 3.15. The lowest BCUT2D eigenvalue weighted by Crippen LogP contribution is -1.94. The lowest BCUT2D eigenvalue weighted by molar-refractivity contribution is 0.402. The summed E-state index contributed by atoms with van der Waals surface area (Å²) < 4.78 is 9.06. The van der Waals surface area contributed by atoms with Gasteiger partial charge in [-0.1, -0.05) is 12.8 Å². The fourth-order valence-electron chi connectivity index (χ4n) is 2.81. The van der Waals surface area contributed by atoms with Gasteiger partial charge in [0.1, 0.15) is 5.52 Å². The van der Waals surface area contributed by atoms with Gasteiger partial charge in [0.2, 0.25) is 5.88 Å². The molecule has 3 heterocycles. The molecule has 4 rings (SSSR count). The molecule has 3 aromatic heterocycles. The van der Waals surface area contributed by atoms with Gasteiger partial charge in [0.15, 0.2) is 0 Å². The van der Waals surface area contributed by atoms with E-state index in [2.05, 4.69) is 29.0 Å². The van der Waals surface area contributed by atoms with Crippen molar-refractivity contribution in [3.8, 4) is 17.1 Å². The van der Waals surface area contributed by atoms with Gasteiger partial charge in [-0.3, -0.25) is 8.65 Å². The minimum atomic E-state index is 0.611. The van der Waals surface area contributed by atoms with Crippen molar-refractivity contribution in [2.75, 3.05) is 7.11 Å². The fraction of sp³-hybridized carbons (Fsp3) is 0.333. The zero-order chi connectivity index (χ0) is 14.6. The summed E-state index contributed by atoms with van der Waals surface area (Å²) >= 11 is 4.66. The third kappa shape index (κ3) is 1.93. The number of aryl methyl sites for hydroxylation is 1. The molecule has 0 N–H and O–H groups in total. The van der Waals surface area contributed by atoms with Crippen LogP contribution in [0.3, 0.4) is 0 Å². The monoisotopic (exact) mass is 300 g/mol. The maximum absolute atomic E-state index is 5.42. The molecular formula is C15H16N4OS. The molecular weight excluding hydrogens is 284 g/mol. The first-order valence-electron chi connectivity index (χ1n) is 6.95. The van der Waals surface area contributed by atoms with Crippen LogP contribution >= 0.6 is 12.8 Å². The first kappa shape index (κ1) is 12.8. The van der Waals surface area contributed by atoms with Crippen molar-refractivity contribution in [2.24, 2.45) is 7.05 Å². The molecule has 0 unspecified atom stereocenters. The number of rotatable bonds is 3. The van der Waals surface area contributed by atoms with Gasteiger partial charge in [-0.2, -0.15) is 5.10 Å². The smallest absolute Gasteiger partial charge is 0.239 e. The van der Waals surface area contributed by atoms with Crippen LogP contribution in [0.25, 0.3) is 22.2 Å². The second-order valence-corrected chi connectivity index (χ2v) is 5.90. The van der Waals surface area contributed by atoms with Crippen molar-refractivity contribution in [3.63, 3.8) is 0 Å². The second kappa shape index (κ2) is 4.53. The van der Waals surface area contributed by atoms with Gasteiger partial charge in [-0.25, -0.2) is 4.98 Å². The van der Waals surface area contributed by atoms with Crippen molar-refractivity contribution >= 4 is 23.7 Å². The number of hydrogen-bond acceptors (Lipinski definition) is 4. The molecule has 0 saturated heterocycles. The summed E-state index contributed by atoms with van der Waals surface area (Å²) in [6.07, 6.45) is 8.25. The van der Waals surface area contributed by atoms with Crippen LogP contribution < -0.4 is 4.74 Å². The Bertz CT molecular complexity index is 832. The molecule has 108 valence electrons. The Kier molecular flexibility index (Phi) is 2.75. The maximum atomic E-state index is 5.42. The molecule has 0 amide bonds. The Labute approximate surface area is 128 Å². The van der Waals surface area contributed by atoms with Crippen molar-refractivity contribution in [2.45, 2.75) is 18.8 Å². The number of thiol groups is 1. The third-order valence-electron chi connectivity index (χ3n) is 4.02. The van der Waals surface area contributed by atoms with E-state index in [4.69, 9.17) is 4.74 Å². The van der Waals surface area contributed by atoms with E-state index in [1.165, 1.54) is 23.8 Å². The molecule has 0 bridgehead atoms. The summed E-state index contributed by atoms with van der Waals surface area (Å²) in [7, 11) is 3.55. The Morgan fingerprint density at radius 1 is 1.33 bits per heavy atom. The van der Waals surface area contributed by atoms with Crippen molar-refractivity contribution < 1.29 is 4.74 Å². The standard InChI is InChI=1S/C15H16N4OS/c1-18-8-10(6-17-18)13-5-11-12(9-3-4-9)7-16-15(20-2)14(11)19(13)21/h5-9,21H,3-4H2,1-2H3. The highest BCUT2D eigenvalue weighted by molar-refractivity contribution is 7.78. The molecule has 1 fully saturated rings. The van der Waals surface area contributed by atoms with Crippen LogP contribution in [0.2, 0.25) is 0 Å². The minimum absolute atomic E-state index is 0.611. The van der Waals surface area contributed by atoms with Crippen LogP contribution in [-0.2, 0) is 7.05 Å². The van der Waals surface area contributed by atoms with Crippen LogP contribution in [-0.4, -0.2) is 25.8 Å². The number of ether oxygens (including phenoxy) is 1. The van der Waals surface area contributed by atoms with Gasteiger partial charge in [0, 0.05) is 30.4 Å². The summed E-state index contributed by atoms with van der Waals surface area (Å²) in [6, 6.07) is 2.16. The van der Waals surface area contributed by atoms with Crippen LogP contribution in [0.4, 0.5) is 0 Å². The molecule has 1 aliphatic rings. The molecule has 0 spiro atoms. The van der Waals surface area contributed by atoms with Crippen LogP contribution in [0, 0.1) is 0 Å². The zero-order valence-electron chi connectivity index (χ0n) is 11.9. The number of methoxy groups -OCH3 is 1. The fourth-order valence-corrected chi connectivity index (χ4v) is 3.18. The summed E-state index contributed by atoms with van der Waals surface area (Å²) in [6.45, 7) is 0. The summed E-state index contributed by atoms with van der Waals surface area (Å²) in [5.74, 6) is 1.24. The first-order chi connectivity index (χ1) is 10.2. The second-order valence-electron chi connectivity index (χ2n) is 5.50. The maximum Gasteiger partial charge on any atom is 0.239 e. The number of nitrogens with zero attached hydrogens (tertiary/aromatic N) is 4. The predicted octanol–water partition coefficient (Wildman–Crippen LogP) is 3.02. The Hall–Kier alpha value is -1.95. The van der Waals surface area contributed by atoms with Gasteiger partial charge in [0.05, 0.1) is 19.0 Å². The van der Waals surface area contributed by atoms with Crippen molar-refractivity contribution in [3.05, 3.63) is 30.2 Å². The van der Waals surface area contributed by atoms with Crippen LogP contribution in [0.15, 0.2) is 24.7 Å². The lowest BCUT2D eigenvalue weighted by Gasteiger charge is -2.07. The SMILES string of the molecule is COc1ncc(C2CC2)c2cc(-c3cnn(C)c3)n(S)c12. The van der Waals surface area contributed by atoms with E-state index in [9.17, 15) is 0 Å². The van der Waals surface area contributed by atoms with E-state index in [1.807, 2.05) is 29.6 Å². The van der Waals surface area contributed by atoms with Crippen molar-refractivity contribution in [1.29, 1.82) is 0 Å². The van der Waals surface area contributed by atoms with Gasteiger partial charge >= 0.3 is 0 Å². The van der Waals surface area contributed by atoms with Gasteiger partial charge in [-0.05, 0) is 30.4 Å². The Balaban J connectivity index is 2.01. The van der Waals surface area contributed by atoms with E-state index < -0.39 is 0 Å². The summed E-state index contributed by atoms with van der Waals surface area (Å²) in [5, 5.41) is 5.42. The lowest BCUT2D eigenvalue weighted by atomic mass is 10.1. The highest BCUT2D eigenvalue weighted by atomic mass is 32.1. The summed E-state index contributed by atoms with van der Waals surface area (Å²) in [4.78, 5) is 4.45. The quantitative estimate of drug-likeness (QED) is 0.756. The van der Waals surface area contributed by atoms with Crippen LogP contribution in [0.1, 0.15) is 24.3 Å². The average molecular weight is 300 g/mol. The van der Waals surface area contributed by atoms with E-state index in [0.717, 1.165) is 16.8 Å². The topological polar surface area (TPSA) is 44.9 Å². The molecule has 21 heavy (non-hydrogen) atoms. The molecule has 5 nitrogen and oxygen atoms in total. The third-order valence-corrected chi connectivity index (χ3v) is 4.44. The highest BCUT2D eigenvalue weighted by Crippen LogP contribution is 2.45. The molecule has 3 aromatic rings. The van der Waals surface area contributed by atoms with E-state index in [0.29, 0.717) is 11.8 Å². The molecule has 1 saturated carbocycles. The van der Waals surface area contributed by atoms with Gasteiger partial charge in [-0.15, -0.1) is 0 Å².